The van der Waals surface area contributed by atoms with Gasteiger partial charge < -0.3 is 14.2 Å². The molecule has 32 heavy (non-hydrogen) atoms. The minimum atomic E-state index is -3.85. The number of ether oxygens (including phenoxy) is 1. The summed E-state index contributed by atoms with van der Waals surface area (Å²) in [5.41, 5.74) is 2.54. The van der Waals surface area contributed by atoms with Crippen LogP contribution < -0.4 is 9.62 Å². The highest BCUT2D eigenvalue weighted by molar-refractivity contribution is 7.89. The molecule has 0 bridgehead atoms. The van der Waals surface area contributed by atoms with E-state index in [1.54, 1.807) is 18.5 Å². The molecule has 172 valence electrons. The molecule has 0 saturated carbocycles. The molecule has 0 radical (unpaired) electrons. The van der Waals surface area contributed by atoms with Gasteiger partial charge in [0.25, 0.3) is 15.9 Å². The van der Waals surface area contributed by atoms with Gasteiger partial charge in [-0.2, -0.15) is 5.26 Å². The molecule has 0 spiro atoms. The maximum absolute atomic E-state index is 12.6. The van der Waals surface area contributed by atoms with Crippen molar-refractivity contribution in [2.45, 2.75) is 38.6 Å². The molecule has 1 N–H and O–H groups in total. The van der Waals surface area contributed by atoms with Crippen LogP contribution in [0.25, 0.3) is 0 Å². The Hall–Kier alpha value is -3.23. The fourth-order valence-corrected chi connectivity index (χ4v) is 4.04. The molecule has 0 aliphatic rings. The number of aryl methyl sites for hydroxylation is 4. The molecule has 1 amide bonds. The van der Waals surface area contributed by atoms with Gasteiger partial charge in [-0.3, -0.25) is 9.59 Å². The standard InChI is InChI=1S/C21H27N5O5S/c1-15-10-16(2)12-18(11-15)26(9-5-7-22)20(27)14-31-21(28)6-8-23-32(29,30)19-13-25(4)17(3)24-19/h10-13,23H,5-6,8-9,14H2,1-4H3. The second-order valence-electron chi connectivity index (χ2n) is 7.35. The fraction of sp³-hybridized carbons (Fsp3) is 0.429. The predicted molar refractivity (Wildman–Crippen MR) is 117 cm³/mol. The first kappa shape index (κ1) is 25.0. The second kappa shape index (κ2) is 10.9. The summed E-state index contributed by atoms with van der Waals surface area (Å²) in [7, 11) is -2.18. The molecule has 2 aromatic rings. The minimum Gasteiger partial charge on any atom is -0.456 e. The highest BCUT2D eigenvalue weighted by atomic mass is 32.2. The summed E-state index contributed by atoms with van der Waals surface area (Å²) in [6.07, 6.45) is 1.25. The van der Waals surface area contributed by atoms with Crippen LogP contribution in [0.15, 0.2) is 29.4 Å². The van der Waals surface area contributed by atoms with Gasteiger partial charge in [0.1, 0.15) is 5.82 Å². The Morgan fingerprint density at radius 3 is 2.44 bits per heavy atom. The lowest BCUT2D eigenvalue weighted by Gasteiger charge is -2.22. The van der Waals surface area contributed by atoms with Gasteiger partial charge in [-0.15, -0.1) is 0 Å². The summed E-state index contributed by atoms with van der Waals surface area (Å²) in [5.74, 6) is -0.657. The predicted octanol–water partition coefficient (Wildman–Crippen LogP) is 1.50. The number of anilines is 1. The number of rotatable bonds is 10. The first-order chi connectivity index (χ1) is 15.0. The van der Waals surface area contributed by atoms with Crippen LogP contribution in [0.3, 0.4) is 0 Å². The number of nitrogens with zero attached hydrogens (tertiary/aromatic N) is 4. The average molecular weight is 462 g/mol. The van der Waals surface area contributed by atoms with Crippen LogP contribution in [0.1, 0.15) is 29.8 Å². The average Bonchev–Trinajstić information content (AvgIpc) is 3.05. The molecule has 0 atom stereocenters. The Kier molecular flexibility index (Phi) is 8.51. The number of nitrogens with one attached hydrogen (secondary N) is 1. The maximum Gasteiger partial charge on any atom is 0.307 e. The van der Waals surface area contributed by atoms with E-state index in [0.717, 1.165) is 11.1 Å². The lowest BCUT2D eigenvalue weighted by Crippen LogP contribution is -2.36. The summed E-state index contributed by atoms with van der Waals surface area (Å²) >= 11 is 0. The number of esters is 1. The van der Waals surface area contributed by atoms with E-state index in [1.165, 1.54) is 11.1 Å². The monoisotopic (exact) mass is 461 g/mol. The number of sulfonamides is 1. The Morgan fingerprint density at radius 1 is 1.22 bits per heavy atom. The number of hydrogen-bond acceptors (Lipinski definition) is 7. The molecule has 0 unspecified atom stereocenters. The molecule has 1 aromatic heterocycles. The van der Waals surface area contributed by atoms with Crippen molar-refractivity contribution in [3.05, 3.63) is 41.3 Å². The van der Waals surface area contributed by atoms with Gasteiger partial charge in [-0.05, 0) is 44.0 Å². The van der Waals surface area contributed by atoms with E-state index in [1.807, 2.05) is 38.1 Å². The van der Waals surface area contributed by atoms with Gasteiger partial charge in [0.15, 0.2) is 11.6 Å². The number of benzene rings is 1. The van der Waals surface area contributed by atoms with Crippen LogP contribution in [0, 0.1) is 32.1 Å². The number of aromatic nitrogens is 2. The Morgan fingerprint density at radius 2 is 1.88 bits per heavy atom. The lowest BCUT2D eigenvalue weighted by molar-refractivity contribution is -0.147. The van der Waals surface area contributed by atoms with E-state index in [4.69, 9.17) is 10.00 Å². The molecule has 2 rings (SSSR count). The lowest BCUT2D eigenvalue weighted by atomic mass is 10.1. The van der Waals surface area contributed by atoms with E-state index >= 15 is 0 Å². The summed E-state index contributed by atoms with van der Waals surface area (Å²) < 4.78 is 33.3. The normalized spacial score (nSPS) is 11.1. The molecule has 1 heterocycles. The molecular weight excluding hydrogens is 434 g/mol. The summed E-state index contributed by atoms with van der Waals surface area (Å²) in [5, 5.41) is 8.76. The van der Waals surface area contributed by atoms with Gasteiger partial charge >= 0.3 is 5.97 Å². The van der Waals surface area contributed by atoms with Crippen molar-refractivity contribution >= 4 is 27.6 Å². The highest BCUT2D eigenvalue weighted by Gasteiger charge is 2.20. The van der Waals surface area contributed by atoms with Crippen LogP contribution in [0.2, 0.25) is 0 Å². The zero-order valence-electron chi connectivity index (χ0n) is 18.6. The third kappa shape index (κ3) is 6.90. The summed E-state index contributed by atoms with van der Waals surface area (Å²) in [6.45, 7) is 4.93. The molecule has 10 nitrogen and oxygen atoms in total. The molecule has 0 aliphatic carbocycles. The van der Waals surface area contributed by atoms with Crippen LogP contribution in [-0.4, -0.2) is 49.5 Å². The van der Waals surface area contributed by atoms with Crippen LogP contribution in [0.5, 0.6) is 0 Å². The first-order valence-corrected chi connectivity index (χ1v) is 11.4. The van der Waals surface area contributed by atoms with E-state index in [2.05, 4.69) is 9.71 Å². The zero-order chi connectivity index (χ0) is 23.9. The van der Waals surface area contributed by atoms with E-state index in [9.17, 15) is 18.0 Å². The SMILES string of the molecule is Cc1cc(C)cc(N(CCC#N)C(=O)COC(=O)CCNS(=O)(=O)c2cn(C)c(C)n2)c1. The topological polar surface area (TPSA) is 134 Å². The van der Waals surface area contributed by atoms with Gasteiger partial charge in [0.05, 0.1) is 18.9 Å². The van der Waals surface area contributed by atoms with Gasteiger partial charge in [-0.1, -0.05) is 6.07 Å². The number of carbonyl (C=O) groups is 2. The van der Waals surface area contributed by atoms with Crippen molar-refractivity contribution in [1.82, 2.24) is 14.3 Å². The van der Waals surface area contributed by atoms with E-state index < -0.39 is 28.5 Å². The molecule has 0 saturated heterocycles. The van der Waals surface area contributed by atoms with Gasteiger partial charge in [0, 0.05) is 32.0 Å². The Bertz CT molecular complexity index is 1090. The Labute approximate surface area is 187 Å². The van der Waals surface area contributed by atoms with Crippen LogP contribution in [-0.2, 0) is 31.4 Å². The second-order valence-corrected chi connectivity index (χ2v) is 9.06. The number of nitriles is 1. The van der Waals surface area contributed by atoms with Crippen molar-refractivity contribution < 1.29 is 22.7 Å². The first-order valence-electron chi connectivity index (χ1n) is 9.94. The van der Waals surface area contributed by atoms with Crippen LogP contribution in [0.4, 0.5) is 5.69 Å². The smallest absolute Gasteiger partial charge is 0.307 e. The van der Waals surface area contributed by atoms with E-state index in [-0.39, 0.29) is 31.0 Å². The summed E-state index contributed by atoms with van der Waals surface area (Å²) in [4.78, 5) is 30.0. The summed E-state index contributed by atoms with van der Waals surface area (Å²) in [6, 6.07) is 7.60. The van der Waals surface area contributed by atoms with Crippen molar-refractivity contribution in [2.75, 3.05) is 24.6 Å². The zero-order valence-corrected chi connectivity index (χ0v) is 19.4. The number of amides is 1. The van der Waals surface area contributed by atoms with Crippen LogP contribution >= 0.6 is 0 Å². The molecule has 0 aliphatic heterocycles. The number of hydrogen-bond donors (Lipinski definition) is 1. The third-order valence-corrected chi connectivity index (χ3v) is 5.94. The molecule has 0 fully saturated rings. The molecule has 11 heteroatoms. The van der Waals surface area contributed by atoms with Gasteiger partial charge in [-0.25, -0.2) is 18.1 Å². The van der Waals surface area contributed by atoms with Crippen molar-refractivity contribution in [1.29, 1.82) is 5.26 Å². The van der Waals surface area contributed by atoms with Crippen molar-refractivity contribution in [3.8, 4) is 6.07 Å². The number of imidazole rings is 1. The minimum absolute atomic E-state index is 0.126. The van der Waals surface area contributed by atoms with E-state index in [0.29, 0.717) is 11.5 Å². The third-order valence-electron chi connectivity index (χ3n) is 4.61. The van der Waals surface area contributed by atoms with Crippen molar-refractivity contribution in [2.24, 2.45) is 7.05 Å². The Balaban J connectivity index is 1.91. The number of carbonyl (C=O) groups excluding carboxylic acids is 2. The maximum atomic E-state index is 12.6. The van der Waals surface area contributed by atoms with Gasteiger partial charge in [0.2, 0.25) is 0 Å². The quantitative estimate of drug-likeness (QED) is 0.530. The largest absolute Gasteiger partial charge is 0.456 e. The fourth-order valence-electron chi connectivity index (χ4n) is 2.98. The highest BCUT2D eigenvalue weighted by Crippen LogP contribution is 2.19. The van der Waals surface area contributed by atoms with Crippen molar-refractivity contribution in [3.63, 3.8) is 0 Å². The molecular formula is C21H27N5O5S. The molecule has 1 aromatic carbocycles.